The van der Waals surface area contributed by atoms with Gasteiger partial charge in [-0.05, 0) is 23.2 Å². The van der Waals surface area contributed by atoms with Gasteiger partial charge in [-0.1, -0.05) is 41.9 Å². The molecule has 0 aliphatic carbocycles. The molecule has 0 aliphatic heterocycles. The van der Waals surface area contributed by atoms with E-state index in [-0.39, 0.29) is 24.6 Å². The van der Waals surface area contributed by atoms with Crippen LogP contribution in [0.3, 0.4) is 0 Å². The zero-order valence-electron chi connectivity index (χ0n) is 13.7. The van der Waals surface area contributed by atoms with Gasteiger partial charge in [0.05, 0.1) is 6.20 Å². The monoisotopic (exact) mass is 370 g/mol. The van der Waals surface area contributed by atoms with Crippen molar-refractivity contribution in [1.82, 2.24) is 4.98 Å². The van der Waals surface area contributed by atoms with Gasteiger partial charge >= 0.3 is 11.8 Å². The lowest BCUT2D eigenvalue weighted by atomic mass is 10.2. The van der Waals surface area contributed by atoms with Crippen LogP contribution >= 0.6 is 11.6 Å². The molecule has 6 nitrogen and oxygen atoms in total. The topological polar surface area (TPSA) is 75.4 Å². The molecule has 1 aromatic heterocycles. The Morgan fingerprint density at radius 2 is 1.85 bits per heavy atom. The van der Waals surface area contributed by atoms with Crippen LogP contribution < -0.4 is 9.47 Å². The standard InChI is InChI=1S/C19H15ClN2O4/c20-16-8-3-1-6-14(16)12-25-17-9-4-2-7-15(17)19(23)26-13-18-21-10-5-11-22(18)24/h1-11H,12-13H2. The smallest absolute Gasteiger partial charge is 0.342 e. The second-order valence-corrected chi connectivity index (χ2v) is 5.72. The lowest BCUT2D eigenvalue weighted by molar-refractivity contribution is -0.620. The summed E-state index contributed by atoms with van der Waals surface area (Å²) in [5.74, 6) is -0.144. The van der Waals surface area contributed by atoms with Crippen molar-refractivity contribution in [3.8, 4) is 5.75 Å². The Hall–Kier alpha value is -3.12. The summed E-state index contributed by atoms with van der Waals surface area (Å²) in [6.07, 6.45) is 2.75. The molecule has 132 valence electrons. The lowest BCUT2D eigenvalue weighted by Gasteiger charge is -2.12. The molecule has 3 rings (SSSR count). The molecule has 0 bridgehead atoms. The maximum Gasteiger partial charge on any atom is 0.342 e. The number of para-hydroxylation sites is 1. The van der Waals surface area contributed by atoms with Crippen molar-refractivity contribution < 1.29 is 19.0 Å². The maximum atomic E-state index is 12.4. The van der Waals surface area contributed by atoms with E-state index in [1.165, 1.54) is 18.5 Å². The van der Waals surface area contributed by atoms with Gasteiger partial charge in [0.15, 0.2) is 6.61 Å². The first-order valence-corrected chi connectivity index (χ1v) is 8.18. The molecule has 0 radical (unpaired) electrons. The Morgan fingerprint density at radius 3 is 2.65 bits per heavy atom. The van der Waals surface area contributed by atoms with Gasteiger partial charge in [-0.3, -0.25) is 0 Å². The third-order valence-electron chi connectivity index (χ3n) is 3.57. The molecular weight excluding hydrogens is 356 g/mol. The van der Waals surface area contributed by atoms with E-state index in [9.17, 15) is 10.0 Å². The molecule has 3 aromatic rings. The van der Waals surface area contributed by atoms with Gasteiger partial charge in [0.2, 0.25) is 0 Å². The van der Waals surface area contributed by atoms with E-state index < -0.39 is 5.97 Å². The van der Waals surface area contributed by atoms with Gasteiger partial charge in [-0.2, -0.15) is 0 Å². The highest BCUT2D eigenvalue weighted by Crippen LogP contribution is 2.22. The van der Waals surface area contributed by atoms with Gasteiger partial charge in [0.25, 0.3) is 0 Å². The van der Waals surface area contributed by atoms with Crippen molar-refractivity contribution in [2.45, 2.75) is 13.2 Å². The number of carbonyl (C=O) groups excluding carboxylic acids is 1. The van der Waals surface area contributed by atoms with Crippen molar-refractivity contribution in [1.29, 1.82) is 0 Å². The van der Waals surface area contributed by atoms with Crippen molar-refractivity contribution >= 4 is 17.6 Å². The van der Waals surface area contributed by atoms with Gasteiger partial charge in [0.1, 0.15) is 24.1 Å². The highest BCUT2D eigenvalue weighted by atomic mass is 35.5. The van der Waals surface area contributed by atoms with Gasteiger partial charge in [-0.15, -0.1) is 0 Å². The van der Waals surface area contributed by atoms with Crippen LogP contribution in [-0.4, -0.2) is 11.0 Å². The van der Waals surface area contributed by atoms with E-state index in [2.05, 4.69) is 4.98 Å². The molecule has 0 unspecified atom stereocenters. The number of rotatable bonds is 6. The number of nitrogens with zero attached hydrogens (tertiary/aromatic N) is 2. The molecule has 0 saturated heterocycles. The number of esters is 1. The third kappa shape index (κ3) is 4.29. The minimum atomic E-state index is -0.606. The van der Waals surface area contributed by atoms with Crippen LogP contribution in [-0.2, 0) is 18.0 Å². The van der Waals surface area contributed by atoms with Gasteiger partial charge in [-0.25, -0.2) is 9.52 Å². The van der Waals surface area contributed by atoms with Crippen LogP contribution in [0.25, 0.3) is 0 Å². The zero-order chi connectivity index (χ0) is 18.4. The molecule has 1 heterocycles. The second kappa shape index (κ2) is 8.31. The molecule has 2 aromatic carbocycles. The van der Waals surface area contributed by atoms with Crippen molar-refractivity contribution in [2.75, 3.05) is 0 Å². The largest absolute Gasteiger partial charge is 0.711 e. The molecule has 0 fully saturated rings. The maximum absolute atomic E-state index is 12.4. The van der Waals surface area contributed by atoms with E-state index in [0.29, 0.717) is 15.5 Å². The van der Waals surface area contributed by atoms with Crippen LogP contribution in [0.5, 0.6) is 5.75 Å². The van der Waals surface area contributed by atoms with E-state index in [1.807, 2.05) is 18.2 Å². The molecule has 0 spiro atoms. The van der Waals surface area contributed by atoms with E-state index in [1.54, 1.807) is 30.3 Å². The van der Waals surface area contributed by atoms with Crippen molar-refractivity contribution in [2.24, 2.45) is 0 Å². The van der Waals surface area contributed by atoms with Crippen LogP contribution in [0, 0.1) is 5.21 Å². The Bertz CT molecular complexity index is 917. The first-order chi connectivity index (χ1) is 12.6. The van der Waals surface area contributed by atoms with E-state index in [0.717, 1.165) is 5.56 Å². The molecule has 0 aliphatic rings. The normalized spacial score (nSPS) is 10.3. The SMILES string of the molecule is O=C(OCc1nccc[n+]1[O-])c1ccccc1OCc1ccccc1Cl. The van der Waals surface area contributed by atoms with E-state index >= 15 is 0 Å². The summed E-state index contributed by atoms with van der Waals surface area (Å²) in [4.78, 5) is 16.2. The predicted molar refractivity (Wildman–Crippen MR) is 94.5 cm³/mol. The van der Waals surface area contributed by atoms with Crippen molar-refractivity contribution in [3.05, 3.63) is 94.2 Å². The highest BCUT2D eigenvalue weighted by molar-refractivity contribution is 6.31. The number of carbonyl (C=O) groups is 1. The van der Waals surface area contributed by atoms with Gasteiger partial charge in [0, 0.05) is 16.7 Å². The van der Waals surface area contributed by atoms with Crippen LogP contribution in [0.15, 0.2) is 67.0 Å². The van der Waals surface area contributed by atoms with Crippen LogP contribution in [0.1, 0.15) is 21.7 Å². The third-order valence-corrected chi connectivity index (χ3v) is 3.93. The fraction of sp³-hybridized carbons (Fsp3) is 0.105. The molecule has 0 atom stereocenters. The summed E-state index contributed by atoms with van der Waals surface area (Å²) < 4.78 is 11.5. The highest BCUT2D eigenvalue weighted by Gasteiger charge is 2.17. The molecule has 0 amide bonds. The first kappa shape index (κ1) is 17.7. The summed E-state index contributed by atoms with van der Waals surface area (Å²) in [5.41, 5.74) is 1.06. The fourth-order valence-electron chi connectivity index (χ4n) is 2.23. The van der Waals surface area contributed by atoms with Gasteiger partial charge < -0.3 is 14.7 Å². The van der Waals surface area contributed by atoms with Crippen LogP contribution in [0.2, 0.25) is 5.02 Å². The number of benzene rings is 2. The minimum absolute atomic E-state index is 0.0929. The minimum Gasteiger partial charge on any atom is -0.711 e. The fourth-order valence-corrected chi connectivity index (χ4v) is 2.42. The predicted octanol–water partition coefficient (Wildman–Crippen LogP) is 3.30. The Kier molecular flexibility index (Phi) is 5.66. The number of halogens is 1. The first-order valence-electron chi connectivity index (χ1n) is 7.80. The summed E-state index contributed by atoms with van der Waals surface area (Å²) in [6, 6.07) is 15.5. The molecule has 7 heteroatoms. The average molecular weight is 371 g/mol. The average Bonchev–Trinajstić information content (AvgIpc) is 2.67. The van der Waals surface area contributed by atoms with Crippen molar-refractivity contribution in [3.63, 3.8) is 0 Å². The van der Waals surface area contributed by atoms with E-state index in [4.69, 9.17) is 21.1 Å². The quantitative estimate of drug-likeness (QED) is 0.378. The summed E-state index contributed by atoms with van der Waals surface area (Å²) in [7, 11) is 0. The van der Waals surface area contributed by atoms with Crippen LogP contribution in [0.4, 0.5) is 0 Å². The molecule has 0 N–H and O–H groups in total. The summed E-state index contributed by atoms with van der Waals surface area (Å²) >= 11 is 6.11. The number of hydrogen-bond acceptors (Lipinski definition) is 5. The Balaban J connectivity index is 1.69. The summed E-state index contributed by atoms with van der Waals surface area (Å²) in [5, 5.41) is 12.1. The summed E-state index contributed by atoms with van der Waals surface area (Å²) in [6.45, 7) is -0.0210. The molecule has 0 saturated carbocycles. The zero-order valence-corrected chi connectivity index (χ0v) is 14.4. The second-order valence-electron chi connectivity index (χ2n) is 5.31. The molecular formula is C19H15ClN2O4. The number of hydrogen-bond donors (Lipinski definition) is 0. The Morgan fingerprint density at radius 1 is 1.08 bits per heavy atom. The lowest BCUT2D eigenvalue weighted by Crippen LogP contribution is -2.33. The number of aromatic nitrogens is 2. The number of ether oxygens (including phenoxy) is 2. The Labute approximate surface area is 155 Å². The molecule has 26 heavy (non-hydrogen) atoms.